The quantitative estimate of drug-likeness (QED) is 0.353. The lowest BCUT2D eigenvalue weighted by Gasteiger charge is -2.11. The molecule has 2 rings (SSSR count). The summed E-state index contributed by atoms with van der Waals surface area (Å²) in [5.74, 6) is 1.26. The van der Waals surface area contributed by atoms with Gasteiger partial charge in [0.25, 0.3) is 5.91 Å². The van der Waals surface area contributed by atoms with Crippen molar-refractivity contribution in [3.63, 3.8) is 0 Å². The van der Waals surface area contributed by atoms with Gasteiger partial charge in [-0.05, 0) is 30.7 Å². The van der Waals surface area contributed by atoms with E-state index >= 15 is 0 Å². The number of unbranched alkanes of at least 4 members (excludes halogenated alkanes) is 9. The van der Waals surface area contributed by atoms with Gasteiger partial charge in [0.15, 0.2) is 0 Å². The monoisotopic (exact) mass is 381 g/mol. The number of para-hydroxylation sites is 2. The lowest BCUT2D eigenvalue weighted by molar-refractivity contribution is 0.0950. The summed E-state index contributed by atoms with van der Waals surface area (Å²) in [6, 6.07) is 17.0. The van der Waals surface area contributed by atoms with Crippen LogP contribution in [0.2, 0.25) is 0 Å². The van der Waals surface area contributed by atoms with Crippen LogP contribution in [0.5, 0.6) is 11.5 Å². The Labute approximate surface area is 170 Å². The largest absolute Gasteiger partial charge is 0.457 e. The average molecular weight is 382 g/mol. The number of amides is 1. The summed E-state index contributed by atoms with van der Waals surface area (Å²) in [6.07, 6.45) is 13.0. The first-order valence-electron chi connectivity index (χ1n) is 10.9. The van der Waals surface area contributed by atoms with Crippen LogP contribution in [0.25, 0.3) is 0 Å². The number of hydrogen-bond donors (Lipinski definition) is 1. The molecule has 0 radical (unpaired) electrons. The van der Waals surface area contributed by atoms with Crippen LogP contribution in [0.4, 0.5) is 0 Å². The molecular weight excluding hydrogens is 346 g/mol. The highest BCUT2D eigenvalue weighted by Gasteiger charge is 2.12. The molecule has 2 aromatic rings. The lowest BCUT2D eigenvalue weighted by Crippen LogP contribution is -2.24. The Kier molecular flexibility index (Phi) is 10.9. The number of ether oxygens (including phenoxy) is 1. The van der Waals surface area contributed by atoms with Gasteiger partial charge in [-0.2, -0.15) is 0 Å². The van der Waals surface area contributed by atoms with Gasteiger partial charge in [-0.1, -0.05) is 95.0 Å². The number of hydrogen-bond acceptors (Lipinski definition) is 2. The molecule has 152 valence electrons. The molecule has 0 aliphatic rings. The lowest BCUT2D eigenvalue weighted by atomic mass is 10.1. The van der Waals surface area contributed by atoms with E-state index in [9.17, 15) is 4.79 Å². The Balaban J connectivity index is 1.63. The van der Waals surface area contributed by atoms with E-state index in [-0.39, 0.29) is 5.91 Å². The van der Waals surface area contributed by atoms with Crippen LogP contribution in [-0.4, -0.2) is 12.5 Å². The first-order chi connectivity index (χ1) is 13.8. The van der Waals surface area contributed by atoms with Crippen molar-refractivity contribution in [3.8, 4) is 11.5 Å². The number of rotatable bonds is 14. The molecule has 0 saturated carbocycles. The second-order valence-electron chi connectivity index (χ2n) is 7.35. The minimum Gasteiger partial charge on any atom is -0.457 e. The van der Waals surface area contributed by atoms with Gasteiger partial charge < -0.3 is 10.1 Å². The van der Waals surface area contributed by atoms with Gasteiger partial charge in [0.2, 0.25) is 0 Å². The maximum atomic E-state index is 12.5. The van der Waals surface area contributed by atoms with Crippen LogP contribution in [-0.2, 0) is 0 Å². The second-order valence-corrected chi connectivity index (χ2v) is 7.35. The molecule has 0 spiro atoms. The minimum absolute atomic E-state index is 0.0672. The third-order valence-electron chi connectivity index (χ3n) is 4.92. The topological polar surface area (TPSA) is 38.3 Å². The van der Waals surface area contributed by atoms with E-state index in [4.69, 9.17) is 4.74 Å². The SMILES string of the molecule is CCCCCCCCCCCCNC(=O)c1ccccc1Oc1ccccc1. The third kappa shape index (κ3) is 8.60. The fourth-order valence-corrected chi connectivity index (χ4v) is 3.27. The predicted molar refractivity (Wildman–Crippen MR) is 117 cm³/mol. The summed E-state index contributed by atoms with van der Waals surface area (Å²) in [7, 11) is 0. The number of nitrogens with one attached hydrogen (secondary N) is 1. The standard InChI is InChI=1S/C25H35NO2/c1-2-3-4-5-6-7-8-9-10-16-21-26-25(27)23-19-14-15-20-24(23)28-22-17-12-11-13-18-22/h11-15,17-20H,2-10,16,21H2,1H3,(H,26,27). The minimum atomic E-state index is -0.0672. The summed E-state index contributed by atoms with van der Waals surface area (Å²) in [6.45, 7) is 2.97. The smallest absolute Gasteiger partial charge is 0.255 e. The molecule has 0 atom stereocenters. The molecule has 0 heterocycles. The van der Waals surface area contributed by atoms with Crippen molar-refractivity contribution >= 4 is 5.91 Å². The van der Waals surface area contributed by atoms with E-state index in [0.29, 0.717) is 11.3 Å². The highest BCUT2D eigenvalue weighted by atomic mass is 16.5. The van der Waals surface area contributed by atoms with E-state index in [1.165, 1.54) is 57.8 Å². The van der Waals surface area contributed by atoms with E-state index in [0.717, 1.165) is 18.7 Å². The van der Waals surface area contributed by atoms with E-state index in [1.807, 2.05) is 54.6 Å². The Morgan fingerprint density at radius 3 is 2.00 bits per heavy atom. The summed E-state index contributed by atoms with van der Waals surface area (Å²) in [4.78, 5) is 12.5. The van der Waals surface area contributed by atoms with E-state index < -0.39 is 0 Å². The van der Waals surface area contributed by atoms with Gasteiger partial charge in [-0.25, -0.2) is 0 Å². The zero-order valence-electron chi connectivity index (χ0n) is 17.3. The molecule has 0 aliphatic heterocycles. The fraction of sp³-hybridized carbons (Fsp3) is 0.480. The van der Waals surface area contributed by atoms with E-state index in [1.54, 1.807) is 0 Å². The van der Waals surface area contributed by atoms with Gasteiger partial charge in [-0.15, -0.1) is 0 Å². The number of carbonyl (C=O) groups excluding carboxylic acids is 1. The van der Waals surface area contributed by atoms with Crippen molar-refractivity contribution in [2.45, 2.75) is 71.1 Å². The van der Waals surface area contributed by atoms with Crippen molar-refractivity contribution in [3.05, 3.63) is 60.2 Å². The number of benzene rings is 2. The second kappa shape index (κ2) is 13.8. The Morgan fingerprint density at radius 2 is 1.32 bits per heavy atom. The van der Waals surface area contributed by atoms with Crippen LogP contribution < -0.4 is 10.1 Å². The van der Waals surface area contributed by atoms with Crippen LogP contribution in [0.3, 0.4) is 0 Å². The zero-order valence-corrected chi connectivity index (χ0v) is 17.3. The van der Waals surface area contributed by atoms with Crippen LogP contribution >= 0.6 is 0 Å². The van der Waals surface area contributed by atoms with Crippen molar-refractivity contribution in [1.82, 2.24) is 5.32 Å². The van der Waals surface area contributed by atoms with Crippen LogP contribution in [0.15, 0.2) is 54.6 Å². The molecule has 0 aromatic heterocycles. The Bertz CT molecular complexity index is 669. The molecule has 2 aromatic carbocycles. The molecule has 3 heteroatoms. The van der Waals surface area contributed by atoms with Gasteiger partial charge in [0, 0.05) is 6.54 Å². The van der Waals surface area contributed by atoms with Crippen molar-refractivity contribution in [1.29, 1.82) is 0 Å². The molecule has 0 aliphatic carbocycles. The van der Waals surface area contributed by atoms with Gasteiger partial charge in [-0.3, -0.25) is 4.79 Å². The predicted octanol–water partition coefficient (Wildman–Crippen LogP) is 7.13. The van der Waals surface area contributed by atoms with Crippen LogP contribution in [0, 0.1) is 0 Å². The highest BCUT2D eigenvalue weighted by Crippen LogP contribution is 2.24. The molecule has 28 heavy (non-hydrogen) atoms. The maximum Gasteiger partial charge on any atom is 0.255 e. The molecule has 0 saturated heterocycles. The first kappa shape index (κ1) is 22.0. The molecule has 0 unspecified atom stereocenters. The van der Waals surface area contributed by atoms with Crippen LogP contribution in [0.1, 0.15) is 81.5 Å². The van der Waals surface area contributed by atoms with E-state index in [2.05, 4.69) is 12.2 Å². The fourth-order valence-electron chi connectivity index (χ4n) is 3.27. The van der Waals surface area contributed by atoms with Crippen molar-refractivity contribution in [2.24, 2.45) is 0 Å². The number of carbonyl (C=O) groups is 1. The molecule has 1 N–H and O–H groups in total. The summed E-state index contributed by atoms with van der Waals surface area (Å²) in [5, 5.41) is 3.03. The average Bonchev–Trinajstić information content (AvgIpc) is 2.73. The molecule has 0 fully saturated rings. The first-order valence-corrected chi connectivity index (χ1v) is 10.9. The van der Waals surface area contributed by atoms with Crippen molar-refractivity contribution in [2.75, 3.05) is 6.54 Å². The molecule has 1 amide bonds. The molecule has 0 bridgehead atoms. The highest BCUT2D eigenvalue weighted by molar-refractivity contribution is 5.96. The van der Waals surface area contributed by atoms with Gasteiger partial charge in [0.1, 0.15) is 11.5 Å². The van der Waals surface area contributed by atoms with Gasteiger partial charge >= 0.3 is 0 Å². The molecule has 3 nitrogen and oxygen atoms in total. The normalized spacial score (nSPS) is 10.6. The maximum absolute atomic E-state index is 12.5. The summed E-state index contributed by atoms with van der Waals surface area (Å²) >= 11 is 0. The van der Waals surface area contributed by atoms with Crippen molar-refractivity contribution < 1.29 is 9.53 Å². The third-order valence-corrected chi connectivity index (χ3v) is 4.92. The zero-order chi connectivity index (χ0) is 19.9. The molecular formula is C25H35NO2. The summed E-state index contributed by atoms with van der Waals surface area (Å²) in [5.41, 5.74) is 0.582. The Morgan fingerprint density at radius 1 is 0.750 bits per heavy atom. The Hall–Kier alpha value is -2.29. The van der Waals surface area contributed by atoms with Gasteiger partial charge in [0.05, 0.1) is 5.56 Å². The summed E-state index contributed by atoms with van der Waals surface area (Å²) < 4.78 is 5.88.